The summed E-state index contributed by atoms with van der Waals surface area (Å²) < 4.78 is 0. The van der Waals surface area contributed by atoms with Crippen LogP contribution in [0.25, 0.3) is 10.4 Å². The molecule has 0 bridgehead atoms. The van der Waals surface area contributed by atoms with Gasteiger partial charge in [-0.25, -0.2) is 4.98 Å². The summed E-state index contributed by atoms with van der Waals surface area (Å²) in [7, 11) is 0. The van der Waals surface area contributed by atoms with Crippen LogP contribution < -0.4 is 5.32 Å². The van der Waals surface area contributed by atoms with Crippen LogP contribution in [0.2, 0.25) is 0 Å². The van der Waals surface area contributed by atoms with E-state index in [-0.39, 0.29) is 0 Å². The van der Waals surface area contributed by atoms with Crippen LogP contribution in [0.4, 0.5) is 0 Å². The van der Waals surface area contributed by atoms with Crippen molar-refractivity contribution in [1.29, 1.82) is 0 Å². The van der Waals surface area contributed by atoms with E-state index in [4.69, 9.17) is 4.98 Å². The van der Waals surface area contributed by atoms with Crippen LogP contribution in [0, 0.1) is 5.92 Å². The van der Waals surface area contributed by atoms with Gasteiger partial charge in [0.1, 0.15) is 0 Å². The first kappa shape index (κ1) is 15.2. The molecule has 0 fully saturated rings. The summed E-state index contributed by atoms with van der Waals surface area (Å²) in [5.74, 6) is 0.733. The van der Waals surface area contributed by atoms with E-state index in [1.807, 2.05) is 11.3 Å². The summed E-state index contributed by atoms with van der Waals surface area (Å²) in [6.45, 7) is 8.51. The van der Waals surface area contributed by atoms with Gasteiger partial charge in [-0.1, -0.05) is 51.1 Å². The second-order valence-corrected chi connectivity index (χ2v) is 6.55. The molecule has 0 aliphatic heterocycles. The van der Waals surface area contributed by atoms with Crippen molar-refractivity contribution in [3.63, 3.8) is 0 Å². The maximum absolute atomic E-state index is 4.85. The average Bonchev–Trinajstić information content (AvgIpc) is 2.87. The Bertz CT molecular complexity index is 517. The number of rotatable bonds is 7. The number of nitrogens with one attached hydrogen (secondary N) is 1. The molecule has 108 valence electrons. The van der Waals surface area contributed by atoms with Gasteiger partial charge >= 0.3 is 0 Å². The quantitative estimate of drug-likeness (QED) is 0.811. The van der Waals surface area contributed by atoms with Crippen LogP contribution in [-0.4, -0.2) is 11.5 Å². The van der Waals surface area contributed by atoms with Crippen LogP contribution in [0.5, 0.6) is 0 Å². The van der Waals surface area contributed by atoms with Gasteiger partial charge in [0.05, 0.1) is 15.6 Å². The molecule has 1 heterocycles. The first-order valence-corrected chi connectivity index (χ1v) is 8.27. The molecule has 3 heteroatoms. The molecule has 0 saturated heterocycles. The van der Waals surface area contributed by atoms with Crippen molar-refractivity contribution in [1.82, 2.24) is 10.3 Å². The number of hydrogen-bond donors (Lipinski definition) is 1. The van der Waals surface area contributed by atoms with E-state index >= 15 is 0 Å². The molecule has 2 rings (SSSR count). The van der Waals surface area contributed by atoms with E-state index in [0.717, 1.165) is 25.4 Å². The molecular weight excluding hydrogens is 264 g/mol. The molecule has 2 nitrogen and oxygen atoms in total. The van der Waals surface area contributed by atoms with Gasteiger partial charge in [-0.3, -0.25) is 0 Å². The van der Waals surface area contributed by atoms with Crippen LogP contribution >= 0.6 is 11.3 Å². The predicted molar refractivity (Wildman–Crippen MR) is 88.1 cm³/mol. The molecule has 0 aliphatic carbocycles. The van der Waals surface area contributed by atoms with Gasteiger partial charge in [0, 0.05) is 6.54 Å². The van der Waals surface area contributed by atoms with E-state index in [1.54, 1.807) is 0 Å². The largest absolute Gasteiger partial charge is 0.311 e. The maximum Gasteiger partial charge on any atom is 0.0935 e. The van der Waals surface area contributed by atoms with Crippen molar-refractivity contribution in [2.24, 2.45) is 5.92 Å². The van der Waals surface area contributed by atoms with Crippen LogP contribution in [-0.2, 0) is 13.0 Å². The molecule has 2 aromatic rings. The lowest BCUT2D eigenvalue weighted by molar-refractivity contribution is 0.584. The second kappa shape index (κ2) is 7.55. The topological polar surface area (TPSA) is 24.9 Å². The third-order valence-corrected chi connectivity index (χ3v) is 4.46. The third kappa shape index (κ3) is 4.15. The van der Waals surface area contributed by atoms with Gasteiger partial charge in [0.25, 0.3) is 0 Å². The minimum atomic E-state index is 0.733. The maximum atomic E-state index is 4.85. The minimum absolute atomic E-state index is 0.733. The van der Waals surface area contributed by atoms with Crippen molar-refractivity contribution in [2.45, 2.75) is 40.2 Å². The first-order chi connectivity index (χ1) is 9.70. The van der Waals surface area contributed by atoms with Crippen molar-refractivity contribution >= 4 is 11.3 Å². The highest BCUT2D eigenvalue weighted by Gasteiger charge is 2.12. The predicted octanol–water partition coefficient (Wildman–Crippen LogP) is 4.51. The van der Waals surface area contributed by atoms with Gasteiger partial charge in [-0.05, 0) is 30.9 Å². The lowest BCUT2D eigenvalue weighted by Gasteiger charge is -2.02. The van der Waals surface area contributed by atoms with Crippen molar-refractivity contribution in [3.05, 3.63) is 41.0 Å². The summed E-state index contributed by atoms with van der Waals surface area (Å²) in [6.07, 6.45) is 2.30. The van der Waals surface area contributed by atoms with Gasteiger partial charge in [-0.15, -0.1) is 11.3 Å². The number of benzene rings is 1. The number of thiazole rings is 1. The Kier molecular flexibility index (Phi) is 5.74. The molecule has 0 unspecified atom stereocenters. The Morgan fingerprint density at radius 3 is 2.60 bits per heavy atom. The lowest BCUT2D eigenvalue weighted by atomic mass is 10.1. The Balaban J connectivity index is 2.23. The zero-order valence-corrected chi connectivity index (χ0v) is 13.5. The van der Waals surface area contributed by atoms with Crippen molar-refractivity contribution in [2.75, 3.05) is 6.54 Å². The Morgan fingerprint density at radius 1 is 1.20 bits per heavy atom. The number of aromatic nitrogens is 1. The van der Waals surface area contributed by atoms with E-state index in [9.17, 15) is 0 Å². The standard InChI is InChI=1S/C17H24N2S/c1-4-18-12-15-17(14-8-6-5-7-9-14)20-16(19-15)11-10-13(2)3/h5-9,13,18H,4,10-12H2,1-3H3. The van der Waals surface area contributed by atoms with E-state index in [2.05, 4.69) is 56.4 Å². The summed E-state index contributed by atoms with van der Waals surface area (Å²) in [5.41, 5.74) is 2.48. The Hall–Kier alpha value is -1.19. The molecule has 0 spiro atoms. The monoisotopic (exact) mass is 288 g/mol. The summed E-state index contributed by atoms with van der Waals surface area (Å²) >= 11 is 1.85. The fourth-order valence-corrected chi connectivity index (χ4v) is 3.20. The normalized spacial score (nSPS) is 11.2. The molecule has 20 heavy (non-hydrogen) atoms. The molecular formula is C17H24N2S. The highest BCUT2D eigenvalue weighted by atomic mass is 32.1. The van der Waals surface area contributed by atoms with Crippen molar-refractivity contribution < 1.29 is 0 Å². The second-order valence-electron chi connectivity index (χ2n) is 5.46. The van der Waals surface area contributed by atoms with Crippen LogP contribution in [0.3, 0.4) is 0 Å². The molecule has 0 amide bonds. The highest BCUT2D eigenvalue weighted by molar-refractivity contribution is 7.15. The van der Waals surface area contributed by atoms with Gasteiger partial charge in [-0.2, -0.15) is 0 Å². The smallest absolute Gasteiger partial charge is 0.0935 e. The highest BCUT2D eigenvalue weighted by Crippen LogP contribution is 2.31. The number of hydrogen-bond acceptors (Lipinski definition) is 3. The molecule has 0 aliphatic rings. The number of nitrogens with zero attached hydrogens (tertiary/aromatic N) is 1. The van der Waals surface area contributed by atoms with E-state index in [1.165, 1.54) is 27.6 Å². The molecule has 1 aromatic heterocycles. The fraction of sp³-hybridized carbons (Fsp3) is 0.471. The van der Waals surface area contributed by atoms with Gasteiger partial charge in [0.2, 0.25) is 0 Å². The van der Waals surface area contributed by atoms with Crippen molar-refractivity contribution in [3.8, 4) is 10.4 Å². The first-order valence-electron chi connectivity index (χ1n) is 7.45. The summed E-state index contributed by atoms with van der Waals surface area (Å²) in [4.78, 5) is 6.18. The Morgan fingerprint density at radius 2 is 1.95 bits per heavy atom. The van der Waals surface area contributed by atoms with E-state index in [0.29, 0.717) is 0 Å². The third-order valence-electron chi connectivity index (χ3n) is 3.26. The summed E-state index contributed by atoms with van der Waals surface area (Å²) in [6, 6.07) is 10.6. The SMILES string of the molecule is CCNCc1nc(CCC(C)C)sc1-c1ccccc1. The van der Waals surface area contributed by atoms with Gasteiger partial charge in [0.15, 0.2) is 0 Å². The minimum Gasteiger partial charge on any atom is -0.311 e. The van der Waals surface area contributed by atoms with Gasteiger partial charge < -0.3 is 5.32 Å². The molecule has 0 radical (unpaired) electrons. The lowest BCUT2D eigenvalue weighted by Crippen LogP contribution is -2.12. The number of aryl methyl sites for hydroxylation is 1. The zero-order valence-electron chi connectivity index (χ0n) is 12.6. The average molecular weight is 288 g/mol. The molecule has 1 aromatic carbocycles. The van der Waals surface area contributed by atoms with Crippen LogP contribution in [0.1, 0.15) is 37.9 Å². The zero-order chi connectivity index (χ0) is 14.4. The molecule has 0 saturated carbocycles. The Labute approximate surface area is 126 Å². The summed E-state index contributed by atoms with van der Waals surface area (Å²) in [5, 5.41) is 4.67. The molecule has 0 atom stereocenters. The molecule has 1 N–H and O–H groups in total. The van der Waals surface area contributed by atoms with E-state index < -0.39 is 0 Å². The fourth-order valence-electron chi connectivity index (χ4n) is 2.10. The van der Waals surface area contributed by atoms with Crippen LogP contribution in [0.15, 0.2) is 30.3 Å².